The molecule has 0 bridgehead atoms. The third kappa shape index (κ3) is 14.6. The van der Waals surface area contributed by atoms with E-state index in [9.17, 15) is 35.9 Å². The Kier molecular flexibility index (Phi) is 16.5. The van der Waals surface area contributed by atoms with Crippen molar-refractivity contribution in [1.82, 2.24) is 29.9 Å². The molecule has 4 heterocycles. The fourth-order valence-electron chi connectivity index (χ4n) is 8.37. The zero-order chi connectivity index (χ0) is 52.4. The van der Waals surface area contributed by atoms with Crippen LogP contribution in [0.2, 0.25) is 0 Å². The van der Waals surface area contributed by atoms with E-state index >= 15 is 4.39 Å². The fraction of sp³-hybridized carbons (Fsp3) is 0.360. The molecule has 2 aliphatic heterocycles. The quantitative estimate of drug-likeness (QED) is 0.0594. The molecule has 6 aromatic rings. The summed E-state index contributed by atoms with van der Waals surface area (Å²) in [6, 6.07) is 22.1. The highest BCUT2D eigenvalue weighted by molar-refractivity contribution is 5.98. The SMILES string of the molecule is Cc1c(NC(=O)CCC(=O)Nc2cccc(Nc3ncnc(N4CCC(c5ccc(OC(F)(F)F)cc5)C(F)C4)n3)c2C)cccc1Nc1ncnc(N2CCC(OCc3ccc(OCC(F)(F)F)cc3)CC2)n1. The monoisotopic (exact) mass is 1030 g/mol. The highest BCUT2D eigenvalue weighted by atomic mass is 19.4. The number of benzene rings is 4. The van der Waals surface area contributed by atoms with Crippen LogP contribution < -0.4 is 40.5 Å². The molecule has 0 spiro atoms. The number of alkyl halides is 7. The Morgan fingerprint density at radius 3 is 1.69 bits per heavy atom. The average Bonchev–Trinajstić information content (AvgIpc) is 3.37. The summed E-state index contributed by atoms with van der Waals surface area (Å²) in [4.78, 5) is 56.2. The lowest BCUT2D eigenvalue weighted by atomic mass is 9.88. The molecule has 390 valence electrons. The number of aromatic nitrogens is 6. The molecule has 17 nitrogen and oxygen atoms in total. The summed E-state index contributed by atoms with van der Waals surface area (Å²) in [6.07, 6.45) is -6.37. The standard InChI is InChI=1S/C50H51F7N12O5/c1-30-39(5-3-7-41(30)64-45-58-28-60-47(66-45)68-22-19-35(20-23-68)72-26-32-9-13-34(14-10-32)73-27-49(52,53)54)62-43(70)17-18-44(71)63-40-6-4-8-42(31(40)2)65-46-59-29-61-48(67-46)69-24-21-37(38(51)25-69)33-11-15-36(16-12-33)74-50(55,56)57/h3-16,28-29,35,37-38H,17-27H2,1-2H3,(H,62,70)(H,63,71)(H,58,60,64,66)(H,59,61,65,67). The van der Waals surface area contributed by atoms with Crippen LogP contribution in [0.1, 0.15) is 60.3 Å². The highest BCUT2D eigenvalue weighted by Gasteiger charge is 2.34. The van der Waals surface area contributed by atoms with E-state index in [1.807, 2.05) is 17.9 Å². The number of rotatable bonds is 18. The van der Waals surface area contributed by atoms with Crippen LogP contribution in [0.25, 0.3) is 0 Å². The molecular formula is C50H51F7N12O5. The zero-order valence-electron chi connectivity index (χ0n) is 40.0. The second-order valence-corrected chi connectivity index (χ2v) is 17.5. The maximum absolute atomic E-state index is 15.5. The van der Waals surface area contributed by atoms with Gasteiger partial charge in [0.1, 0.15) is 30.3 Å². The van der Waals surface area contributed by atoms with Crippen LogP contribution in [0.3, 0.4) is 0 Å². The Bertz CT molecular complexity index is 2870. The first-order valence-corrected chi connectivity index (χ1v) is 23.5. The minimum Gasteiger partial charge on any atom is -0.484 e. The van der Waals surface area contributed by atoms with Gasteiger partial charge in [-0.1, -0.05) is 36.4 Å². The van der Waals surface area contributed by atoms with Gasteiger partial charge in [-0.05, 0) is 104 Å². The first-order chi connectivity index (χ1) is 35.4. The third-order valence-electron chi connectivity index (χ3n) is 12.3. The Labute approximate surface area is 420 Å². The molecule has 2 fully saturated rings. The Hall–Kier alpha value is -7.89. The number of halogens is 7. The highest BCUT2D eigenvalue weighted by Crippen LogP contribution is 2.35. The van der Waals surface area contributed by atoms with Gasteiger partial charge in [-0.3, -0.25) is 9.59 Å². The second kappa shape index (κ2) is 23.3. The molecule has 2 aromatic heterocycles. The van der Waals surface area contributed by atoms with E-state index in [0.29, 0.717) is 96.8 Å². The van der Waals surface area contributed by atoms with Crippen molar-refractivity contribution in [1.29, 1.82) is 0 Å². The van der Waals surface area contributed by atoms with Gasteiger partial charge in [0, 0.05) is 61.1 Å². The van der Waals surface area contributed by atoms with Gasteiger partial charge in [0.2, 0.25) is 35.6 Å². The predicted octanol–water partition coefficient (Wildman–Crippen LogP) is 9.88. The normalized spacial score (nSPS) is 16.3. The average molecular weight is 1030 g/mol. The van der Waals surface area contributed by atoms with Crippen LogP contribution in [-0.4, -0.2) is 99.3 Å². The predicted molar refractivity (Wildman–Crippen MR) is 261 cm³/mol. The van der Waals surface area contributed by atoms with Gasteiger partial charge in [-0.2, -0.15) is 23.1 Å². The largest absolute Gasteiger partial charge is 0.573 e. The summed E-state index contributed by atoms with van der Waals surface area (Å²) in [5.74, 6) is -0.375. The number of nitrogens with one attached hydrogen (secondary N) is 4. The van der Waals surface area contributed by atoms with Gasteiger partial charge in [0.15, 0.2) is 6.61 Å². The molecular weight excluding hydrogens is 982 g/mol. The van der Waals surface area contributed by atoms with Gasteiger partial charge in [-0.15, -0.1) is 13.2 Å². The number of amides is 2. The summed E-state index contributed by atoms with van der Waals surface area (Å²) in [5.41, 5.74) is 4.98. The number of hydrogen-bond acceptors (Lipinski definition) is 15. The van der Waals surface area contributed by atoms with E-state index in [1.165, 1.54) is 49.1 Å². The molecule has 4 aromatic carbocycles. The Balaban J connectivity index is 0.776. The van der Waals surface area contributed by atoms with Crippen molar-refractivity contribution in [3.63, 3.8) is 0 Å². The van der Waals surface area contributed by atoms with E-state index in [2.05, 4.69) is 55.9 Å². The molecule has 2 amide bonds. The van der Waals surface area contributed by atoms with Crippen molar-refractivity contribution in [3.05, 3.63) is 120 Å². The zero-order valence-corrected chi connectivity index (χ0v) is 40.0. The van der Waals surface area contributed by atoms with Gasteiger partial charge in [0.05, 0.1) is 19.3 Å². The first kappa shape index (κ1) is 52.4. The summed E-state index contributed by atoms with van der Waals surface area (Å²) in [5, 5.41) is 12.1. The molecule has 2 aliphatic rings. The topological polar surface area (TPSA) is 194 Å². The molecule has 0 radical (unpaired) electrons. The van der Waals surface area contributed by atoms with Crippen molar-refractivity contribution in [3.8, 4) is 11.5 Å². The van der Waals surface area contributed by atoms with Crippen molar-refractivity contribution in [2.75, 3.05) is 63.9 Å². The van der Waals surface area contributed by atoms with Crippen molar-refractivity contribution in [2.45, 2.75) is 83.3 Å². The van der Waals surface area contributed by atoms with E-state index in [0.717, 1.165) is 5.56 Å². The van der Waals surface area contributed by atoms with Crippen LogP contribution in [0.15, 0.2) is 97.6 Å². The maximum Gasteiger partial charge on any atom is 0.573 e. The Morgan fingerprint density at radius 2 is 1.16 bits per heavy atom. The summed E-state index contributed by atoms with van der Waals surface area (Å²) < 4.78 is 105. The number of hydrogen-bond donors (Lipinski definition) is 4. The number of ether oxygens (including phenoxy) is 3. The number of carbonyl (C=O) groups is 2. The number of nitrogens with zero attached hydrogens (tertiary/aromatic N) is 8. The molecule has 0 saturated carbocycles. The van der Waals surface area contributed by atoms with Crippen LogP contribution in [0.5, 0.6) is 11.5 Å². The van der Waals surface area contributed by atoms with Crippen LogP contribution in [0.4, 0.5) is 77.3 Å². The number of carbonyl (C=O) groups excluding carboxylic acids is 2. The van der Waals surface area contributed by atoms with Crippen LogP contribution >= 0.6 is 0 Å². The Morgan fingerprint density at radius 1 is 0.649 bits per heavy atom. The molecule has 2 saturated heterocycles. The minimum absolute atomic E-state index is 0.0316. The van der Waals surface area contributed by atoms with Crippen LogP contribution in [-0.2, 0) is 20.9 Å². The van der Waals surface area contributed by atoms with Gasteiger partial charge < -0.3 is 45.3 Å². The van der Waals surface area contributed by atoms with Gasteiger partial charge in [-0.25, -0.2) is 24.3 Å². The first-order valence-electron chi connectivity index (χ1n) is 23.5. The van der Waals surface area contributed by atoms with E-state index in [4.69, 9.17) is 9.47 Å². The van der Waals surface area contributed by atoms with Crippen molar-refractivity contribution >= 4 is 58.4 Å². The van der Waals surface area contributed by atoms with E-state index in [-0.39, 0.29) is 54.8 Å². The lowest BCUT2D eigenvalue weighted by Gasteiger charge is -2.35. The summed E-state index contributed by atoms with van der Waals surface area (Å²) in [7, 11) is 0. The summed E-state index contributed by atoms with van der Waals surface area (Å²) >= 11 is 0. The lowest BCUT2D eigenvalue weighted by molar-refractivity contribution is -0.274. The second-order valence-electron chi connectivity index (χ2n) is 17.5. The summed E-state index contributed by atoms with van der Waals surface area (Å²) in [6.45, 7) is 4.14. The molecule has 2 atom stereocenters. The molecule has 8 rings (SSSR count). The fourth-order valence-corrected chi connectivity index (χ4v) is 8.37. The van der Waals surface area contributed by atoms with Gasteiger partial charge >= 0.3 is 12.5 Å². The number of anilines is 8. The van der Waals surface area contributed by atoms with Crippen LogP contribution in [0, 0.1) is 13.8 Å². The van der Waals surface area contributed by atoms with Crippen molar-refractivity contribution < 1.29 is 54.5 Å². The molecule has 2 unspecified atom stereocenters. The lowest BCUT2D eigenvalue weighted by Crippen LogP contribution is -2.41. The molecule has 24 heteroatoms. The number of piperidine rings is 2. The van der Waals surface area contributed by atoms with Gasteiger partial charge in [0.25, 0.3) is 0 Å². The molecule has 4 N–H and O–H groups in total. The third-order valence-corrected chi connectivity index (χ3v) is 12.3. The smallest absolute Gasteiger partial charge is 0.484 e. The minimum atomic E-state index is -4.82. The van der Waals surface area contributed by atoms with Crippen molar-refractivity contribution in [2.24, 2.45) is 0 Å². The van der Waals surface area contributed by atoms with E-state index < -0.39 is 37.1 Å². The van der Waals surface area contributed by atoms with E-state index in [1.54, 1.807) is 54.3 Å². The molecule has 74 heavy (non-hydrogen) atoms. The maximum atomic E-state index is 15.5. The molecule has 0 aliphatic carbocycles.